The van der Waals surface area contributed by atoms with E-state index in [1.165, 1.54) is 6.07 Å². The second kappa shape index (κ2) is 6.29. The molecule has 2 N–H and O–H groups in total. The summed E-state index contributed by atoms with van der Waals surface area (Å²) in [5.74, 6) is 0.268. The van der Waals surface area contributed by atoms with Crippen molar-refractivity contribution in [3.8, 4) is 0 Å². The molecule has 1 aliphatic carbocycles. The second-order valence-corrected chi connectivity index (χ2v) is 9.50. The van der Waals surface area contributed by atoms with Gasteiger partial charge in [-0.15, -0.1) is 0 Å². The number of benzene rings is 1. The maximum Gasteiger partial charge on any atom is 0.238 e. The summed E-state index contributed by atoms with van der Waals surface area (Å²) in [5.41, 5.74) is 1.48. The molecule has 9 heteroatoms. The summed E-state index contributed by atoms with van der Waals surface area (Å²) < 4.78 is 23.2. The van der Waals surface area contributed by atoms with Gasteiger partial charge in [0.1, 0.15) is 6.67 Å². The van der Waals surface area contributed by atoms with E-state index in [9.17, 15) is 13.2 Å². The van der Waals surface area contributed by atoms with Crippen molar-refractivity contribution in [1.29, 1.82) is 0 Å². The highest BCUT2D eigenvalue weighted by molar-refractivity contribution is 7.89. The Morgan fingerprint density at radius 2 is 2.04 bits per heavy atom. The molecule has 3 aliphatic rings. The molecule has 1 aromatic carbocycles. The smallest absolute Gasteiger partial charge is 0.238 e. The van der Waals surface area contributed by atoms with Gasteiger partial charge in [0.05, 0.1) is 10.6 Å². The molecule has 146 valence electrons. The van der Waals surface area contributed by atoms with Crippen LogP contribution in [0.2, 0.25) is 0 Å². The summed E-state index contributed by atoms with van der Waals surface area (Å²) in [6, 6.07) is 4.96. The number of primary sulfonamides is 1. The van der Waals surface area contributed by atoms with Gasteiger partial charge >= 0.3 is 0 Å². The number of sulfonamides is 1. The number of nitrogens with two attached hydrogens (primary N) is 1. The first-order chi connectivity index (χ1) is 12.7. The Kier molecular flexibility index (Phi) is 4.28. The molecular formula is C18H25N5O3S. The van der Waals surface area contributed by atoms with Gasteiger partial charge in [0.2, 0.25) is 15.9 Å². The summed E-state index contributed by atoms with van der Waals surface area (Å²) >= 11 is 0. The van der Waals surface area contributed by atoms with Gasteiger partial charge < -0.3 is 4.90 Å². The molecule has 1 atom stereocenters. The minimum absolute atomic E-state index is 0.0796. The van der Waals surface area contributed by atoms with Crippen LogP contribution in [0.3, 0.4) is 0 Å². The van der Waals surface area contributed by atoms with Crippen molar-refractivity contribution in [3.05, 3.63) is 23.8 Å². The maximum absolute atomic E-state index is 12.7. The first kappa shape index (κ1) is 18.4. The summed E-state index contributed by atoms with van der Waals surface area (Å²) in [6.45, 7) is 6.72. The molecule has 2 heterocycles. The molecule has 27 heavy (non-hydrogen) atoms. The van der Waals surface area contributed by atoms with E-state index >= 15 is 0 Å². The molecule has 1 unspecified atom stereocenters. The van der Waals surface area contributed by atoms with Crippen LogP contribution in [0, 0.1) is 5.41 Å². The van der Waals surface area contributed by atoms with E-state index in [0.717, 1.165) is 30.6 Å². The number of carbonyl (C=O) groups excluding carboxylic acids is 1. The molecule has 0 spiro atoms. The van der Waals surface area contributed by atoms with Gasteiger partial charge in [0.25, 0.3) is 0 Å². The van der Waals surface area contributed by atoms with E-state index in [0.29, 0.717) is 19.8 Å². The fourth-order valence-electron chi connectivity index (χ4n) is 3.79. The number of hydrogen-bond acceptors (Lipinski definition) is 6. The standard InChI is InChI=1S/C18H25N5O3S/c1-13-11-21(7-8-22(13)17(24)18(2)5-6-18)23-12-20-10-14-9-15(27(19,25)26)3-4-16(14)23/h3-4,9-10,13H,5-8,11-12H2,1-2H3,(H2,19,25,26). The number of amides is 1. The van der Waals surface area contributed by atoms with Crippen LogP contribution in [0.4, 0.5) is 5.69 Å². The number of aliphatic imine (C=N–C) groups is 1. The zero-order chi connectivity index (χ0) is 19.4. The van der Waals surface area contributed by atoms with Crippen LogP contribution in [0.15, 0.2) is 28.1 Å². The zero-order valence-electron chi connectivity index (χ0n) is 15.6. The minimum atomic E-state index is -3.75. The molecule has 1 saturated heterocycles. The minimum Gasteiger partial charge on any atom is -0.337 e. The molecule has 1 aromatic rings. The van der Waals surface area contributed by atoms with E-state index in [1.54, 1.807) is 18.3 Å². The Morgan fingerprint density at radius 1 is 1.30 bits per heavy atom. The van der Waals surface area contributed by atoms with Gasteiger partial charge in [-0.2, -0.15) is 0 Å². The first-order valence-corrected chi connectivity index (χ1v) is 10.7. The topological polar surface area (TPSA) is 99.3 Å². The summed E-state index contributed by atoms with van der Waals surface area (Å²) in [7, 11) is -3.75. The second-order valence-electron chi connectivity index (χ2n) is 7.94. The normalized spacial score (nSPS) is 24.6. The van der Waals surface area contributed by atoms with Gasteiger partial charge in [-0.25, -0.2) is 18.6 Å². The fraction of sp³-hybridized carbons (Fsp3) is 0.556. The Balaban J connectivity index is 1.53. The van der Waals surface area contributed by atoms with E-state index in [2.05, 4.69) is 21.9 Å². The van der Waals surface area contributed by atoms with Gasteiger partial charge in [-0.05, 0) is 38.0 Å². The fourth-order valence-corrected chi connectivity index (χ4v) is 4.34. The van der Waals surface area contributed by atoms with E-state index < -0.39 is 10.0 Å². The lowest BCUT2D eigenvalue weighted by Crippen LogP contribution is -2.60. The number of hydrogen-bond donors (Lipinski definition) is 1. The number of carbonyl (C=O) groups is 1. The lowest BCUT2D eigenvalue weighted by molar-refractivity contribution is -0.141. The molecule has 0 radical (unpaired) electrons. The molecule has 0 bridgehead atoms. The third-order valence-electron chi connectivity index (χ3n) is 5.78. The highest BCUT2D eigenvalue weighted by Gasteiger charge is 2.48. The summed E-state index contributed by atoms with van der Waals surface area (Å²) in [5, 5.41) is 9.48. The van der Waals surface area contributed by atoms with Gasteiger partial charge in [0.15, 0.2) is 0 Å². The third kappa shape index (κ3) is 3.35. The third-order valence-corrected chi connectivity index (χ3v) is 6.69. The van der Waals surface area contributed by atoms with Crippen molar-refractivity contribution in [2.24, 2.45) is 15.5 Å². The molecular weight excluding hydrogens is 366 g/mol. The van der Waals surface area contributed by atoms with Crippen LogP contribution in [-0.4, -0.2) is 62.8 Å². The number of anilines is 1. The highest BCUT2D eigenvalue weighted by atomic mass is 32.2. The molecule has 2 aliphatic heterocycles. The molecule has 4 rings (SSSR count). The number of fused-ring (bicyclic) bond motifs is 1. The van der Waals surface area contributed by atoms with Crippen LogP contribution in [0.1, 0.15) is 32.3 Å². The first-order valence-electron chi connectivity index (χ1n) is 9.19. The van der Waals surface area contributed by atoms with Crippen molar-refractivity contribution in [2.45, 2.75) is 37.6 Å². The molecule has 1 amide bonds. The Hall–Kier alpha value is -1.97. The van der Waals surface area contributed by atoms with Crippen LogP contribution in [0.5, 0.6) is 0 Å². The molecule has 8 nitrogen and oxygen atoms in total. The average Bonchev–Trinajstić information content (AvgIpc) is 3.38. The SMILES string of the molecule is CC1CN(N2CN=Cc3cc(S(N)(=O)=O)ccc32)CCN1C(=O)C1(C)CC1. The average molecular weight is 391 g/mol. The van der Waals surface area contributed by atoms with Crippen LogP contribution >= 0.6 is 0 Å². The zero-order valence-corrected chi connectivity index (χ0v) is 16.4. The lowest BCUT2D eigenvalue weighted by atomic mass is 10.1. The number of nitrogens with zero attached hydrogens (tertiary/aromatic N) is 4. The number of rotatable bonds is 3. The Morgan fingerprint density at radius 3 is 2.67 bits per heavy atom. The van der Waals surface area contributed by atoms with Crippen LogP contribution in [0.25, 0.3) is 0 Å². The van der Waals surface area contributed by atoms with Crippen LogP contribution < -0.4 is 10.1 Å². The Labute approximate surface area is 159 Å². The van der Waals surface area contributed by atoms with Gasteiger partial charge in [0, 0.05) is 42.9 Å². The van der Waals surface area contributed by atoms with E-state index in [-0.39, 0.29) is 22.3 Å². The number of piperazine rings is 1. The van der Waals surface area contributed by atoms with Crippen molar-refractivity contribution < 1.29 is 13.2 Å². The summed E-state index contributed by atoms with van der Waals surface area (Å²) in [4.78, 5) is 19.2. The highest BCUT2D eigenvalue weighted by Crippen LogP contribution is 2.47. The Bertz CT molecular complexity index is 910. The maximum atomic E-state index is 12.7. The molecule has 2 fully saturated rings. The van der Waals surface area contributed by atoms with E-state index in [4.69, 9.17) is 5.14 Å². The largest absolute Gasteiger partial charge is 0.337 e. The van der Waals surface area contributed by atoms with Gasteiger partial charge in [-0.1, -0.05) is 6.92 Å². The van der Waals surface area contributed by atoms with Crippen molar-refractivity contribution in [2.75, 3.05) is 31.3 Å². The quantitative estimate of drug-likeness (QED) is 0.821. The number of hydrazine groups is 1. The van der Waals surface area contributed by atoms with Crippen molar-refractivity contribution >= 4 is 27.8 Å². The lowest BCUT2D eigenvalue weighted by Gasteiger charge is -2.46. The van der Waals surface area contributed by atoms with Crippen LogP contribution in [-0.2, 0) is 14.8 Å². The predicted molar refractivity (Wildman–Crippen MR) is 103 cm³/mol. The van der Waals surface area contributed by atoms with E-state index in [1.807, 2.05) is 11.8 Å². The monoisotopic (exact) mass is 391 g/mol. The summed E-state index contributed by atoms with van der Waals surface area (Å²) in [6.07, 6.45) is 3.65. The predicted octanol–water partition coefficient (Wildman–Crippen LogP) is 0.778. The van der Waals surface area contributed by atoms with Crippen molar-refractivity contribution in [1.82, 2.24) is 9.91 Å². The molecule has 1 saturated carbocycles. The van der Waals surface area contributed by atoms with Gasteiger partial charge in [-0.3, -0.25) is 14.8 Å². The van der Waals surface area contributed by atoms with Crippen molar-refractivity contribution in [3.63, 3.8) is 0 Å². The molecule has 0 aromatic heterocycles.